The van der Waals surface area contributed by atoms with E-state index in [2.05, 4.69) is 0 Å². The van der Waals surface area contributed by atoms with Gasteiger partial charge in [0, 0.05) is 35.1 Å². The number of aliphatic hydroxyl groups excluding tert-OH is 3. The van der Waals surface area contributed by atoms with E-state index in [1.54, 1.807) is 12.1 Å². The van der Waals surface area contributed by atoms with Crippen LogP contribution in [0.2, 0.25) is 0 Å². The molecule has 3 aliphatic rings. The van der Waals surface area contributed by atoms with Gasteiger partial charge in [0.2, 0.25) is 0 Å². The molecule has 0 aromatic heterocycles. The molecule has 2 aromatic carbocycles. The van der Waals surface area contributed by atoms with Crippen molar-refractivity contribution in [3.8, 4) is 11.5 Å². The highest BCUT2D eigenvalue weighted by atomic mass is 127. The largest absolute Gasteiger partial charge is 0.507 e. The Bertz CT molecular complexity index is 1360. The highest BCUT2D eigenvalue weighted by molar-refractivity contribution is 14.1. The third-order valence-corrected chi connectivity index (χ3v) is 8.88. The van der Waals surface area contributed by atoms with Gasteiger partial charge in [0.25, 0.3) is 0 Å². The maximum Gasteiger partial charge on any atom is 0.198 e. The van der Waals surface area contributed by atoms with E-state index in [1.807, 2.05) is 22.6 Å². The second-order valence-corrected chi connectivity index (χ2v) is 11.3. The van der Waals surface area contributed by atoms with Gasteiger partial charge in [0.15, 0.2) is 17.9 Å². The molecule has 1 fully saturated rings. The van der Waals surface area contributed by atoms with Crippen molar-refractivity contribution in [3.05, 3.63) is 57.6 Å². The van der Waals surface area contributed by atoms with Gasteiger partial charge in [-0.3, -0.25) is 9.59 Å². The van der Waals surface area contributed by atoms with Crippen LogP contribution in [-0.4, -0.2) is 88.7 Å². The maximum absolute atomic E-state index is 13.4. The number of aromatic hydroxyl groups is 2. The predicted molar refractivity (Wildman–Crippen MR) is 139 cm³/mol. The van der Waals surface area contributed by atoms with Gasteiger partial charge in [-0.25, -0.2) is 0 Å². The Balaban J connectivity index is 1.68. The number of phenolic OH excluding ortho intramolecular Hbond substituents is 2. The Morgan fingerprint density at radius 1 is 1.11 bits per heavy atom. The quantitative estimate of drug-likeness (QED) is 0.0932. The van der Waals surface area contributed by atoms with Crippen molar-refractivity contribution < 1.29 is 49.7 Å². The van der Waals surface area contributed by atoms with Crippen molar-refractivity contribution in [2.75, 3.05) is 6.61 Å². The summed E-state index contributed by atoms with van der Waals surface area (Å²) >= 11 is 1.84. The summed E-state index contributed by atoms with van der Waals surface area (Å²) in [5, 5.41) is 72.5. The van der Waals surface area contributed by atoms with Crippen LogP contribution in [-0.2, 0) is 15.9 Å². The lowest BCUT2D eigenvalue weighted by Gasteiger charge is -2.44. The minimum atomic E-state index is -2.04. The number of aliphatic hydroxyl groups is 4. The van der Waals surface area contributed by atoms with E-state index in [1.165, 1.54) is 19.1 Å². The third kappa shape index (κ3) is 3.97. The molecule has 2 aliphatic carbocycles. The molecule has 38 heavy (non-hydrogen) atoms. The van der Waals surface area contributed by atoms with E-state index in [0.717, 1.165) is 0 Å². The van der Waals surface area contributed by atoms with Crippen molar-refractivity contribution in [3.63, 3.8) is 0 Å². The minimum Gasteiger partial charge on any atom is -0.507 e. The lowest BCUT2D eigenvalue weighted by Crippen LogP contribution is -2.55. The van der Waals surface area contributed by atoms with Crippen LogP contribution in [0, 0.1) is 5.41 Å². The topological polar surface area (TPSA) is 198 Å². The van der Waals surface area contributed by atoms with Crippen molar-refractivity contribution in [2.45, 2.75) is 60.0 Å². The molecule has 5 unspecified atom stereocenters. The fourth-order valence-corrected chi connectivity index (χ4v) is 6.20. The van der Waals surface area contributed by atoms with E-state index >= 15 is 0 Å². The minimum absolute atomic E-state index is 0.0477. The van der Waals surface area contributed by atoms with Crippen LogP contribution < -0.4 is 0 Å². The molecule has 5 rings (SSSR count). The number of nitrogens with one attached hydrogen (secondary N) is 1. The molecule has 202 valence electrons. The molecule has 7 atom stereocenters. The van der Waals surface area contributed by atoms with Gasteiger partial charge in [-0.15, -0.1) is 0 Å². The fraction of sp³-hybridized carbons (Fsp3) is 0.423. The smallest absolute Gasteiger partial charge is 0.198 e. The first-order valence-corrected chi connectivity index (χ1v) is 13.2. The first-order valence-electron chi connectivity index (χ1n) is 11.9. The number of hydrogen-bond acceptors (Lipinski definition) is 11. The summed E-state index contributed by atoms with van der Waals surface area (Å²) in [7, 11) is 0. The van der Waals surface area contributed by atoms with Crippen LogP contribution >= 0.6 is 22.6 Å². The van der Waals surface area contributed by atoms with E-state index in [9.17, 15) is 40.2 Å². The van der Waals surface area contributed by atoms with Crippen LogP contribution in [0.1, 0.15) is 62.4 Å². The van der Waals surface area contributed by atoms with Crippen molar-refractivity contribution in [1.82, 2.24) is 0 Å². The number of ketones is 2. The number of alkyl halides is 1. The fourth-order valence-electron chi connectivity index (χ4n) is 5.44. The van der Waals surface area contributed by atoms with Crippen LogP contribution in [0.3, 0.4) is 0 Å². The van der Waals surface area contributed by atoms with Crippen molar-refractivity contribution in [1.29, 1.82) is 5.41 Å². The molecule has 1 aliphatic heterocycles. The molecular weight excluding hydrogens is 613 g/mol. The molecule has 0 spiro atoms. The van der Waals surface area contributed by atoms with Gasteiger partial charge in [-0.2, -0.15) is 0 Å². The molecule has 1 heterocycles. The second kappa shape index (κ2) is 9.62. The van der Waals surface area contributed by atoms with Crippen LogP contribution in [0.4, 0.5) is 0 Å². The number of benzene rings is 2. The van der Waals surface area contributed by atoms with E-state index in [-0.39, 0.29) is 28.7 Å². The van der Waals surface area contributed by atoms with Crippen LogP contribution in [0.5, 0.6) is 11.5 Å². The van der Waals surface area contributed by atoms with Gasteiger partial charge in [0.05, 0.1) is 45.7 Å². The summed E-state index contributed by atoms with van der Waals surface area (Å²) in [5.74, 6) is -2.62. The lowest BCUT2D eigenvalue weighted by molar-refractivity contribution is -0.258. The standard InChI is InChI=1S/C26H26INO10/c1-9-19(30)24(35)18(27)25(37-9)38-13-7-26(36,14(28)8-29)6-12-15(13)23(34)17-16(22(12)33)20(31)10-4-2-3-5-11(10)21(17)32/h2-5,9,13,18-19,24-25,28-30,33-36H,6-8H2,1H3/t9?,13-,18?,19?,24?,25?,26-/m0/s1. The van der Waals surface area contributed by atoms with Gasteiger partial charge in [-0.05, 0) is 6.92 Å². The zero-order chi connectivity index (χ0) is 27.7. The second-order valence-electron chi connectivity index (χ2n) is 9.85. The molecule has 1 saturated heterocycles. The Labute approximate surface area is 230 Å². The molecule has 0 saturated carbocycles. The first-order chi connectivity index (χ1) is 17.9. The zero-order valence-electron chi connectivity index (χ0n) is 20.1. The summed E-state index contributed by atoms with van der Waals surface area (Å²) < 4.78 is 11.0. The molecule has 0 amide bonds. The maximum atomic E-state index is 13.4. The van der Waals surface area contributed by atoms with Gasteiger partial charge in [-0.1, -0.05) is 46.9 Å². The molecule has 7 N–H and O–H groups in total. The van der Waals surface area contributed by atoms with Gasteiger partial charge < -0.3 is 45.5 Å². The Morgan fingerprint density at radius 3 is 2.26 bits per heavy atom. The average Bonchev–Trinajstić information content (AvgIpc) is 2.90. The number of phenols is 2. The molecule has 0 radical (unpaired) electrons. The molecule has 2 aromatic rings. The van der Waals surface area contributed by atoms with Crippen molar-refractivity contribution in [2.24, 2.45) is 0 Å². The number of rotatable bonds is 4. The molecular formula is C26H26INO10. The van der Waals surface area contributed by atoms with Gasteiger partial charge >= 0.3 is 0 Å². The molecule has 0 bridgehead atoms. The third-order valence-electron chi connectivity index (χ3n) is 7.56. The van der Waals surface area contributed by atoms with Crippen LogP contribution in [0.15, 0.2) is 24.3 Å². The first kappa shape index (κ1) is 27.1. The zero-order valence-corrected chi connectivity index (χ0v) is 22.2. The summed E-state index contributed by atoms with van der Waals surface area (Å²) in [6.45, 7) is 0.721. The summed E-state index contributed by atoms with van der Waals surface area (Å²) in [6.07, 6.45) is -6.55. The summed E-state index contributed by atoms with van der Waals surface area (Å²) in [5.41, 5.74) is -3.43. The number of halogens is 1. The summed E-state index contributed by atoms with van der Waals surface area (Å²) in [6, 6.07) is 6.00. The number of carbonyl (C=O) groups is 2. The van der Waals surface area contributed by atoms with E-state index < -0.39 is 93.2 Å². The summed E-state index contributed by atoms with van der Waals surface area (Å²) in [4.78, 5) is 26.7. The van der Waals surface area contributed by atoms with Gasteiger partial charge in [0.1, 0.15) is 23.2 Å². The lowest BCUT2D eigenvalue weighted by atomic mass is 9.71. The monoisotopic (exact) mass is 639 g/mol. The van der Waals surface area contributed by atoms with E-state index in [0.29, 0.717) is 0 Å². The SMILES string of the molecule is CC1OC(O[C@H]2C[C@](O)(C(=N)CO)Cc3c(O)c4c(c(O)c32)C(=O)c2ccccc2C4=O)C(I)C(O)C1O. The predicted octanol–water partition coefficient (Wildman–Crippen LogP) is 0.890. The molecule has 11 nitrogen and oxygen atoms in total. The van der Waals surface area contributed by atoms with E-state index in [4.69, 9.17) is 14.9 Å². The number of carbonyl (C=O) groups excluding carboxylic acids is 2. The number of ether oxygens (including phenoxy) is 2. The Hall–Kier alpha value is -2.46. The Kier molecular flexibility index (Phi) is 6.87. The van der Waals surface area contributed by atoms with Crippen LogP contribution in [0.25, 0.3) is 0 Å². The highest BCUT2D eigenvalue weighted by Crippen LogP contribution is 2.52. The number of fused-ring (bicyclic) bond motifs is 3. The Morgan fingerprint density at radius 2 is 1.68 bits per heavy atom. The highest BCUT2D eigenvalue weighted by Gasteiger charge is 2.50. The average molecular weight is 639 g/mol. The molecule has 12 heteroatoms. The number of hydrogen-bond donors (Lipinski definition) is 7. The normalized spacial score (nSPS) is 32.4. The van der Waals surface area contributed by atoms with Crippen molar-refractivity contribution >= 4 is 39.9 Å².